The van der Waals surface area contributed by atoms with Crippen LogP contribution in [-0.4, -0.2) is 45.9 Å². The van der Waals surface area contributed by atoms with E-state index >= 15 is 0 Å². The standard InChI is InChI=1S/C24H26N4O3/c1-17-8-7-13-28-22(29)14-18(25-23(17)28)15-27-16-21(24(30)26-11-5-2-6-12-26)31-20-10-4-3-9-19(20)27/h3-4,7-10,13-14,21H,2,5-6,11-12,15-16H2,1H3/t21-/m1/s1. The van der Waals surface area contributed by atoms with Gasteiger partial charge in [0.05, 0.1) is 24.5 Å². The molecule has 0 saturated carbocycles. The van der Waals surface area contributed by atoms with E-state index in [1.807, 2.05) is 48.2 Å². The third-order valence-electron chi connectivity index (χ3n) is 6.10. The Morgan fingerprint density at radius 2 is 1.94 bits per heavy atom. The number of rotatable bonds is 3. The van der Waals surface area contributed by atoms with Crippen molar-refractivity contribution in [1.29, 1.82) is 0 Å². The zero-order valence-electron chi connectivity index (χ0n) is 17.7. The summed E-state index contributed by atoms with van der Waals surface area (Å²) in [5.74, 6) is 0.736. The van der Waals surface area contributed by atoms with Crippen LogP contribution in [0.15, 0.2) is 53.5 Å². The van der Waals surface area contributed by atoms with E-state index in [1.54, 1.807) is 16.7 Å². The van der Waals surface area contributed by atoms with Gasteiger partial charge < -0.3 is 14.5 Å². The fourth-order valence-corrected chi connectivity index (χ4v) is 4.49. The molecule has 4 heterocycles. The molecule has 3 aromatic rings. The number of para-hydroxylation sites is 2. The molecule has 0 radical (unpaired) electrons. The molecule has 1 amide bonds. The number of ether oxygens (including phenoxy) is 1. The average molecular weight is 418 g/mol. The quantitative estimate of drug-likeness (QED) is 0.654. The van der Waals surface area contributed by atoms with Gasteiger partial charge in [-0.15, -0.1) is 0 Å². The number of aryl methyl sites for hydroxylation is 1. The normalized spacial score (nSPS) is 18.5. The zero-order valence-corrected chi connectivity index (χ0v) is 17.7. The second kappa shape index (κ2) is 8.06. The molecular formula is C24H26N4O3. The number of fused-ring (bicyclic) bond motifs is 2. The summed E-state index contributed by atoms with van der Waals surface area (Å²) in [6.45, 7) is 4.40. The van der Waals surface area contributed by atoms with Gasteiger partial charge in [0, 0.05) is 25.4 Å². The first kappa shape index (κ1) is 19.6. The van der Waals surface area contributed by atoms with Crippen LogP contribution >= 0.6 is 0 Å². The summed E-state index contributed by atoms with van der Waals surface area (Å²) in [7, 11) is 0. The molecule has 0 aliphatic carbocycles. The van der Waals surface area contributed by atoms with Crippen molar-refractivity contribution in [2.24, 2.45) is 0 Å². The van der Waals surface area contributed by atoms with Crippen molar-refractivity contribution in [1.82, 2.24) is 14.3 Å². The fourth-order valence-electron chi connectivity index (χ4n) is 4.49. The lowest BCUT2D eigenvalue weighted by Crippen LogP contribution is -2.51. The topological polar surface area (TPSA) is 67.2 Å². The minimum atomic E-state index is -0.559. The number of aromatic nitrogens is 2. The molecule has 1 aromatic carbocycles. The fraction of sp³-hybridized carbons (Fsp3) is 0.375. The Hall–Kier alpha value is -3.35. The smallest absolute Gasteiger partial charge is 0.265 e. The number of amides is 1. The third-order valence-corrected chi connectivity index (χ3v) is 6.10. The number of carbonyl (C=O) groups is 1. The Labute approximate surface area is 180 Å². The second-order valence-corrected chi connectivity index (χ2v) is 8.31. The van der Waals surface area contributed by atoms with Gasteiger partial charge in [-0.25, -0.2) is 4.98 Å². The van der Waals surface area contributed by atoms with Crippen molar-refractivity contribution in [3.63, 3.8) is 0 Å². The highest BCUT2D eigenvalue weighted by Crippen LogP contribution is 2.34. The lowest BCUT2D eigenvalue weighted by atomic mass is 10.1. The van der Waals surface area contributed by atoms with Gasteiger partial charge in [-0.1, -0.05) is 18.2 Å². The SMILES string of the molecule is Cc1cccn2c(=O)cc(CN3C[C@H](C(=O)N4CCCCC4)Oc4ccccc43)nc12. The molecule has 2 aliphatic rings. The summed E-state index contributed by atoms with van der Waals surface area (Å²) < 4.78 is 7.67. The van der Waals surface area contributed by atoms with Crippen molar-refractivity contribution >= 4 is 17.2 Å². The maximum absolute atomic E-state index is 13.1. The van der Waals surface area contributed by atoms with Gasteiger partial charge in [-0.05, 0) is 49.9 Å². The highest BCUT2D eigenvalue weighted by atomic mass is 16.5. The Bertz CT molecular complexity index is 1180. The zero-order chi connectivity index (χ0) is 21.4. The van der Waals surface area contributed by atoms with E-state index < -0.39 is 6.10 Å². The Morgan fingerprint density at radius 1 is 1.13 bits per heavy atom. The van der Waals surface area contributed by atoms with Gasteiger partial charge in [0.15, 0.2) is 6.10 Å². The molecular weight excluding hydrogens is 392 g/mol. The molecule has 0 bridgehead atoms. The van der Waals surface area contributed by atoms with Gasteiger partial charge in [0.1, 0.15) is 11.4 Å². The van der Waals surface area contributed by atoms with E-state index in [-0.39, 0.29) is 11.5 Å². The van der Waals surface area contributed by atoms with Crippen molar-refractivity contribution in [2.45, 2.75) is 38.8 Å². The van der Waals surface area contributed by atoms with Gasteiger partial charge in [-0.3, -0.25) is 14.0 Å². The first-order valence-electron chi connectivity index (χ1n) is 10.9. The lowest BCUT2D eigenvalue weighted by Gasteiger charge is -2.38. The number of anilines is 1. The minimum absolute atomic E-state index is 0.0431. The number of hydrogen-bond donors (Lipinski definition) is 0. The second-order valence-electron chi connectivity index (χ2n) is 8.31. The summed E-state index contributed by atoms with van der Waals surface area (Å²) in [5.41, 5.74) is 3.10. The van der Waals surface area contributed by atoms with E-state index in [9.17, 15) is 9.59 Å². The van der Waals surface area contributed by atoms with Crippen LogP contribution in [0.5, 0.6) is 5.75 Å². The number of pyridine rings is 1. The number of piperidine rings is 1. The predicted octanol–water partition coefficient (Wildman–Crippen LogP) is 2.78. The van der Waals surface area contributed by atoms with Crippen LogP contribution in [0.1, 0.15) is 30.5 Å². The van der Waals surface area contributed by atoms with Crippen LogP contribution in [0.3, 0.4) is 0 Å². The molecule has 2 aliphatic heterocycles. The Kier molecular flexibility index (Phi) is 5.10. The predicted molar refractivity (Wildman–Crippen MR) is 119 cm³/mol. The molecule has 7 heteroatoms. The van der Waals surface area contributed by atoms with Crippen LogP contribution in [0.25, 0.3) is 5.65 Å². The van der Waals surface area contributed by atoms with E-state index in [0.717, 1.165) is 37.2 Å². The van der Waals surface area contributed by atoms with E-state index in [0.29, 0.717) is 30.2 Å². The largest absolute Gasteiger partial charge is 0.477 e. The molecule has 1 saturated heterocycles. The first-order chi connectivity index (χ1) is 15.1. The van der Waals surface area contributed by atoms with Crippen LogP contribution in [0, 0.1) is 6.92 Å². The van der Waals surface area contributed by atoms with Crippen LogP contribution in [-0.2, 0) is 11.3 Å². The minimum Gasteiger partial charge on any atom is -0.477 e. The maximum Gasteiger partial charge on any atom is 0.265 e. The summed E-state index contributed by atoms with van der Waals surface area (Å²) in [4.78, 5) is 34.5. The van der Waals surface area contributed by atoms with E-state index in [4.69, 9.17) is 9.72 Å². The molecule has 0 unspecified atom stereocenters. The van der Waals surface area contributed by atoms with Crippen molar-refractivity contribution < 1.29 is 9.53 Å². The van der Waals surface area contributed by atoms with Crippen LogP contribution in [0.4, 0.5) is 5.69 Å². The molecule has 31 heavy (non-hydrogen) atoms. The van der Waals surface area contributed by atoms with Gasteiger partial charge >= 0.3 is 0 Å². The number of likely N-dealkylation sites (tertiary alicyclic amines) is 1. The molecule has 7 nitrogen and oxygen atoms in total. The van der Waals surface area contributed by atoms with Crippen LogP contribution in [0.2, 0.25) is 0 Å². The highest BCUT2D eigenvalue weighted by Gasteiger charge is 2.34. The van der Waals surface area contributed by atoms with E-state index in [1.165, 1.54) is 6.42 Å². The monoisotopic (exact) mass is 418 g/mol. The number of benzene rings is 1. The molecule has 1 atom stereocenters. The summed E-state index contributed by atoms with van der Waals surface area (Å²) >= 11 is 0. The molecule has 5 rings (SSSR count). The van der Waals surface area contributed by atoms with Gasteiger partial charge in [0.2, 0.25) is 0 Å². The number of carbonyl (C=O) groups excluding carboxylic acids is 1. The first-order valence-corrected chi connectivity index (χ1v) is 10.9. The van der Waals surface area contributed by atoms with Crippen molar-refractivity contribution in [3.8, 4) is 5.75 Å². The van der Waals surface area contributed by atoms with Crippen LogP contribution < -0.4 is 15.2 Å². The summed E-state index contributed by atoms with van der Waals surface area (Å²) in [6, 6.07) is 13.1. The molecule has 160 valence electrons. The Balaban J connectivity index is 1.46. The average Bonchev–Trinajstić information content (AvgIpc) is 2.80. The summed E-state index contributed by atoms with van der Waals surface area (Å²) in [6.07, 6.45) is 4.44. The Morgan fingerprint density at radius 3 is 2.77 bits per heavy atom. The molecule has 1 fully saturated rings. The number of nitrogens with zero attached hydrogens (tertiary/aromatic N) is 4. The maximum atomic E-state index is 13.1. The lowest BCUT2D eigenvalue weighted by molar-refractivity contribution is -0.139. The summed E-state index contributed by atoms with van der Waals surface area (Å²) in [5, 5.41) is 0. The van der Waals surface area contributed by atoms with Gasteiger partial charge in [-0.2, -0.15) is 0 Å². The highest BCUT2D eigenvalue weighted by molar-refractivity contribution is 5.83. The number of hydrogen-bond acceptors (Lipinski definition) is 5. The van der Waals surface area contributed by atoms with Crippen molar-refractivity contribution in [3.05, 3.63) is 70.3 Å². The molecule has 0 spiro atoms. The van der Waals surface area contributed by atoms with E-state index in [2.05, 4.69) is 4.90 Å². The van der Waals surface area contributed by atoms with Gasteiger partial charge in [0.25, 0.3) is 11.5 Å². The third kappa shape index (κ3) is 3.76. The molecule has 2 aromatic heterocycles. The molecule has 0 N–H and O–H groups in total. The van der Waals surface area contributed by atoms with Crippen molar-refractivity contribution in [2.75, 3.05) is 24.5 Å².